The van der Waals surface area contributed by atoms with E-state index < -0.39 is 14.9 Å². The average Bonchev–Trinajstić information content (AvgIpc) is 2.78. The van der Waals surface area contributed by atoms with E-state index >= 15 is 0 Å². The summed E-state index contributed by atoms with van der Waals surface area (Å²) in [6.45, 7) is 4.09. The molecular formula is C21H21ClN4O4S. The number of non-ortho nitro benzene ring substituents is 1. The number of fused-ring (bicyclic) bond motifs is 1. The standard InChI is InChI=1S/C21H21ClN4O4S/c1-15-18-7-2-3-8-19(18)23-20(21(15)22)14-24-9-11-25(12-10-24)31(29,30)17-6-4-5-16(13-17)26(27)28/h2-8,13H,9-12,14H2,1H3. The monoisotopic (exact) mass is 460 g/mol. The molecule has 31 heavy (non-hydrogen) atoms. The van der Waals surface area contributed by atoms with Gasteiger partial charge in [-0.2, -0.15) is 4.31 Å². The molecule has 0 unspecified atom stereocenters. The van der Waals surface area contributed by atoms with Crippen LogP contribution in [-0.4, -0.2) is 53.7 Å². The van der Waals surface area contributed by atoms with E-state index in [9.17, 15) is 18.5 Å². The highest BCUT2D eigenvalue weighted by molar-refractivity contribution is 7.89. The number of hydrogen-bond donors (Lipinski definition) is 0. The van der Waals surface area contributed by atoms with Crippen molar-refractivity contribution in [3.8, 4) is 0 Å². The van der Waals surface area contributed by atoms with Crippen molar-refractivity contribution in [1.82, 2.24) is 14.2 Å². The maximum atomic E-state index is 12.9. The fourth-order valence-corrected chi connectivity index (χ4v) is 5.43. The molecule has 0 amide bonds. The highest BCUT2D eigenvalue weighted by Gasteiger charge is 2.30. The Kier molecular flexibility index (Phi) is 5.94. The van der Waals surface area contributed by atoms with Crippen LogP contribution in [-0.2, 0) is 16.6 Å². The second kappa shape index (κ2) is 8.51. The Balaban J connectivity index is 1.48. The van der Waals surface area contributed by atoms with E-state index in [1.54, 1.807) is 0 Å². The van der Waals surface area contributed by atoms with Crippen LogP contribution in [0, 0.1) is 17.0 Å². The van der Waals surface area contributed by atoms with Gasteiger partial charge >= 0.3 is 0 Å². The number of benzene rings is 2. The number of nitro benzene ring substituents is 1. The van der Waals surface area contributed by atoms with Crippen molar-refractivity contribution in [1.29, 1.82) is 0 Å². The Bertz CT molecular complexity index is 1260. The van der Waals surface area contributed by atoms with Crippen molar-refractivity contribution in [2.45, 2.75) is 18.4 Å². The van der Waals surface area contributed by atoms with E-state index in [0.29, 0.717) is 24.7 Å². The quantitative estimate of drug-likeness (QED) is 0.426. The molecule has 1 aliphatic heterocycles. The second-order valence-electron chi connectivity index (χ2n) is 7.45. The van der Waals surface area contributed by atoms with Crippen molar-refractivity contribution < 1.29 is 13.3 Å². The molecule has 3 aromatic rings. The summed E-state index contributed by atoms with van der Waals surface area (Å²) < 4.78 is 27.2. The van der Waals surface area contributed by atoms with E-state index in [1.165, 1.54) is 22.5 Å². The number of rotatable bonds is 5. The molecule has 0 spiro atoms. The molecule has 1 saturated heterocycles. The Morgan fingerprint density at radius 2 is 1.81 bits per heavy atom. The van der Waals surface area contributed by atoms with Gasteiger partial charge in [0, 0.05) is 50.2 Å². The molecule has 0 atom stereocenters. The van der Waals surface area contributed by atoms with Crippen LogP contribution in [0.15, 0.2) is 53.4 Å². The molecule has 10 heteroatoms. The van der Waals surface area contributed by atoms with Crippen LogP contribution in [0.3, 0.4) is 0 Å². The molecular weight excluding hydrogens is 440 g/mol. The summed E-state index contributed by atoms with van der Waals surface area (Å²) >= 11 is 6.56. The molecule has 0 radical (unpaired) electrons. The first-order chi connectivity index (χ1) is 14.8. The first-order valence-electron chi connectivity index (χ1n) is 9.78. The SMILES string of the molecule is Cc1c(Cl)c(CN2CCN(S(=O)(=O)c3cccc([N+](=O)[O-])c3)CC2)nc2ccccc12. The van der Waals surface area contributed by atoms with Gasteiger partial charge in [-0.1, -0.05) is 35.9 Å². The normalized spacial score (nSPS) is 15.9. The van der Waals surface area contributed by atoms with Crippen LogP contribution in [0.5, 0.6) is 0 Å². The number of para-hydroxylation sites is 1. The molecule has 162 valence electrons. The van der Waals surface area contributed by atoms with Gasteiger partial charge in [-0.15, -0.1) is 0 Å². The largest absolute Gasteiger partial charge is 0.295 e. The lowest BCUT2D eigenvalue weighted by Crippen LogP contribution is -2.48. The number of hydrogen-bond acceptors (Lipinski definition) is 6. The molecule has 0 N–H and O–H groups in total. The summed E-state index contributed by atoms with van der Waals surface area (Å²) in [5, 5.41) is 12.6. The molecule has 1 aromatic heterocycles. The molecule has 0 bridgehead atoms. The average molecular weight is 461 g/mol. The number of sulfonamides is 1. The first kappa shape index (κ1) is 21.6. The van der Waals surface area contributed by atoms with Crippen LogP contribution in [0.2, 0.25) is 5.02 Å². The third-order valence-corrected chi connectivity index (χ3v) is 7.91. The molecule has 2 aromatic carbocycles. The lowest BCUT2D eigenvalue weighted by atomic mass is 10.1. The molecule has 8 nitrogen and oxygen atoms in total. The van der Waals surface area contributed by atoms with Crippen molar-refractivity contribution in [2.24, 2.45) is 0 Å². The van der Waals surface area contributed by atoms with Gasteiger partial charge < -0.3 is 0 Å². The van der Waals surface area contributed by atoms with Crippen molar-refractivity contribution in [2.75, 3.05) is 26.2 Å². The number of nitrogens with zero attached hydrogens (tertiary/aromatic N) is 4. The molecule has 0 aliphatic carbocycles. The lowest BCUT2D eigenvalue weighted by Gasteiger charge is -2.34. The Morgan fingerprint density at radius 1 is 1.10 bits per heavy atom. The van der Waals surface area contributed by atoms with E-state index in [4.69, 9.17) is 16.6 Å². The van der Waals surface area contributed by atoms with Crippen LogP contribution < -0.4 is 0 Å². The maximum absolute atomic E-state index is 12.9. The zero-order valence-corrected chi connectivity index (χ0v) is 18.4. The van der Waals surface area contributed by atoms with Crippen LogP contribution in [0.1, 0.15) is 11.3 Å². The van der Waals surface area contributed by atoms with E-state index in [2.05, 4.69) is 4.90 Å². The summed E-state index contributed by atoms with van der Waals surface area (Å²) in [7, 11) is -3.80. The van der Waals surface area contributed by atoms with Gasteiger partial charge in [0.25, 0.3) is 5.69 Å². The molecule has 2 heterocycles. The Hall–Kier alpha value is -2.59. The van der Waals surface area contributed by atoms with Gasteiger partial charge in [0.05, 0.1) is 26.1 Å². The Labute approximate surface area is 185 Å². The second-order valence-corrected chi connectivity index (χ2v) is 9.77. The van der Waals surface area contributed by atoms with Gasteiger partial charge in [-0.3, -0.25) is 15.0 Å². The van der Waals surface area contributed by atoms with E-state index in [1.807, 2.05) is 31.2 Å². The predicted molar refractivity (Wildman–Crippen MR) is 119 cm³/mol. The first-order valence-corrected chi connectivity index (χ1v) is 11.6. The molecule has 0 saturated carbocycles. The van der Waals surface area contributed by atoms with Crippen molar-refractivity contribution in [3.63, 3.8) is 0 Å². The number of piperazine rings is 1. The number of nitro groups is 1. The Morgan fingerprint density at radius 3 is 2.52 bits per heavy atom. The highest BCUT2D eigenvalue weighted by Crippen LogP contribution is 2.28. The number of aromatic nitrogens is 1. The van der Waals surface area contributed by atoms with Gasteiger partial charge in [-0.05, 0) is 24.6 Å². The van der Waals surface area contributed by atoms with E-state index in [0.717, 1.165) is 28.2 Å². The molecule has 1 aliphatic rings. The topological polar surface area (TPSA) is 96.7 Å². The smallest absolute Gasteiger partial charge is 0.270 e. The number of halogens is 1. The fourth-order valence-electron chi connectivity index (χ4n) is 3.77. The number of aryl methyl sites for hydroxylation is 1. The zero-order chi connectivity index (χ0) is 22.2. The third kappa shape index (κ3) is 4.27. The van der Waals surface area contributed by atoms with Crippen LogP contribution in [0.25, 0.3) is 10.9 Å². The minimum atomic E-state index is -3.80. The van der Waals surface area contributed by atoms with Crippen LogP contribution in [0.4, 0.5) is 5.69 Å². The zero-order valence-electron chi connectivity index (χ0n) is 16.9. The third-order valence-electron chi connectivity index (χ3n) is 5.52. The van der Waals surface area contributed by atoms with Gasteiger partial charge in [0.1, 0.15) is 0 Å². The summed E-state index contributed by atoms with van der Waals surface area (Å²) in [6.07, 6.45) is 0. The molecule has 4 rings (SSSR count). The van der Waals surface area contributed by atoms with Gasteiger partial charge in [-0.25, -0.2) is 13.4 Å². The van der Waals surface area contributed by atoms with Crippen LogP contribution >= 0.6 is 11.6 Å². The predicted octanol–water partition coefficient (Wildman–Crippen LogP) is 3.61. The van der Waals surface area contributed by atoms with Gasteiger partial charge in [0.15, 0.2) is 0 Å². The van der Waals surface area contributed by atoms with Gasteiger partial charge in [0.2, 0.25) is 10.0 Å². The molecule has 1 fully saturated rings. The fraction of sp³-hybridized carbons (Fsp3) is 0.286. The summed E-state index contributed by atoms with van der Waals surface area (Å²) in [4.78, 5) is 17.1. The lowest BCUT2D eigenvalue weighted by molar-refractivity contribution is -0.385. The number of pyridine rings is 1. The highest BCUT2D eigenvalue weighted by atomic mass is 35.5. The van der Waals surface area contributed by atoms with Crippen molar-refractivity contribution >= 4 is 38.2 Å². The summed E-state index contributed by atoms with van der Waals surface area (Å²) in [5.41, 5.74) is 2.39. The minimum absolute atomic E-state index is 0.0648. The summed E-state index contributed by atoms with van der Waals surface area (Å²) in [5.74, 6) is 0. The maximum Gasteiger partial charge on any atom is 0.270 e. The minimum Gasteiger partial charge on any atom is -0.295 e. The summed E-state index contributed by atoms with van der Waals surface area (Å²) in [6, 6.07) is 13.0. The van der Waals surface area contributed by atoms with Crippen molar-refractivity contribution in [3.05, 3.63) is 74.9 Å². The van der Waals surface area contributed by atoms with E-state index in [-0.39, 0.29) is 23.7 Å².